The van der Waals surface area contributed by atoms with E-state index in [1.54, 1.807) is 37.6 Å². The van der Waals surface area contributed by atoms with Crippen LogP contribution in [0.1, 0.15) is 31.8 Å². The van der Waals surface area contributed by atoms with Crippen molar-refractivity contribution in [2.75, 3.05) is 7.11 Å². The topological polar surface area (TPSA) is 102 Å². The Morgan fingerprint density at radius 1 is 0.969 bits per heavy atom. The van der Waals surface area contributed by atoms with Crippen LogP contribution in [0.15, 0.2) is 77.9 Å². The maximum Gasteiger partial charge on any atom is 0.335 e. The molecule has 0 spiro atoms. The minimum Gasteiger partial charge on any atom is -0.497 e. The van der Waals surface area contributed by atoms with Crippen molar-refractivity contribution in [3.63, 3.8) is 0 Å². The summed E-state index contributed by atoms with van der Waals surface area (Å²) in [5.41, 5.74) is 2.62. The maximum absolute atomic E-state index is 12.9. The van der Waals surface area contributed by atoms with Crippen LogP contribution in [0.3, 0.4) is 0 Å². The highest BCUT2D eigenvalue weighted by Gasteiger charge is 2.12. The van der Waals surface area contributed by atoms with Gasteiger partial charge in [0.25, 0.3) is 5.91 Å². The highest BCUT2D eigenvalue weighted by molar-refractivity contribution is 5.95. The molecule has 4 rings (SSSR count). The summed E-state index contributed by atoms with van der Waals surface area (Å²) >= 11 is 0. The average Bonchev–Trinajstić information content (AvgIpc) is 3.25. The lowest BCUT2D eigenvalue weighted by atomic mass is 10.1. The van der Waals surface area contributed by atoms with Crippen LogP contribution >= 0.6 is 0 Å². The Morgan fingerprint density at radius 2 is 1.66 bits per heavy atom. The molecule has 0 bridgehead atoms. The van der Waals surface area contributed by atoms with Gasteiger partial charge in [0.1, 0.15) is 5.75 Å². The molecule has 2 N–H and O–H groups in total. The molecular formula is C24H21N3O5. The molecule has 1 amide bonds. The van der Waals surface area contributed by atoms with E-state index in [-0.39, 0.29) is 23.7 Å². The minimum absolute atomic E-state index is 0.187. The van der Waals surface area contributed by atoms with Gasteiger partial charge in [-0.2, -0.15) is 0 Å². The summed E-state index contributed by atoms with van der Waals surface area (Å²) in [6.07, 6.45) is 3.17. The first kappa shape index (κ1) is 20.9. The van der Waals surface area contributed by atoms with Gasteiger partial charge in [-0.25, -0.2) is 9.59 Å². The van der Waals surface area contributed by atoms with Gasteiger partial charge >= 0.3 is 11.7 Å². The monoisotopic (exact) mass is 431 g/mol. The first-order chi connectivity index (χ1) is 15.4. The number of benzene rings is 2. The van der Waals surface area contributed by atoms with E-state index in [2.05, 4.69) is 5.32 Å². The predicted molar refractivity (Wildman–Crippen MR) is 118 cm³/mol. The molecular weight excluding hydrogens is 410 g/mol. The van der Waals surface area contributed by atoms with Gasteiger partial charge in [-0.3, -0.25) is 13.8 Å². The Hall–Kier alpha value is -4.33. The lowest BCUT2D eigenvalue weighted by Crippen LogP contribution is -2.26. The van der Waals surface area contributed by atoms with E-state index in [9.17, 15) is 14.4 Å². The molecule has 2 heterocycles. The molecule has 0 unspecified atom stereocenters. The van der Waals surface area contributed by atoms with Crippen molar-refractivity contribution in [1.29, 1.82) is 0 Å². The molecule has 0 saturated heterocycles. The average molecular weight is 431 g/mol. The number of nitrogens with zero attached hydrogens (tertiary/aromatic N) is 2. The van der Waals surface area contributed by atoms with Crippen LogP contribution in [-0.4, -0.2) is 33.1 Å². The van der Waals surface area contributed by atoms with Gasteiger partial charge in [0.2, 0.25) is 0 Å². The number of methoxy groups -OCH3 is 1. The Bertz CT molecular complexity index is 1340. The van der Waals surface area contributed by atoms with Gasteiger partial charge < -0.3 is 15.2 Å². The standard InChI is InChI=1S/C24H21N3O5/c1-32-21-8-4-16(5-9-21)13-25-22(28)19-12-20-10-11-26(24(31)27(20)15-19)14-17-2-6-18(7-3-17)23(29)30/h2-12,15H,13-14H2,1H3,(H,25,28)(H,29,30). The van der Waals surface area contributed by atoms with Crippen LogP contribution in [-0.2, 0) is 13.1 Å². The molecule has 8 nitrogen and oxygen atoms in total. The van der Waals surface area contributed by atoms with E-state index in [4.69, 9.17) is 9.84 Å². The summed E-state index contributed by atoms with van der Waals surface area (Å²) in [4.78, 5) is 36.4. The van der Waals surface area contributed by atoms with Gasteiger partial charge in [-0.05, 0) is 47.5 Å². The van der Waals surface area contributed by atoms with E-state index in [1.807, 2.05) is 24.3 Å². The lowest BCUT2D eigenvalue weighted by molar-refractivity contribution is 0.0696. The number of carboxylic acids is 1. The number of ether oxygens (including phenoxy) is 1. The number of carboxylic acid groups (broad SMARTS) is 1. The number of carbonyl (C=O) groups is 2. The molecule has 162 valence electrons. The Morgan fingerprint density at radius 3 is 2.31 bits per heavy atom. The molecule has 32 heavy (non-hydrogen) atoms. The lowest BCUT2D eigenvalue weighted by Gasteiger charge is -2.07. The molecule has 0 aliphatic rings. The zero-order valence-corrected chi connectivity index (χ0v) is 17.3. The van der Waals surface area contributed by atoms with E-state index >= 15 is 0 Å². The Balaban J connectivity index is 1.49. The third-order valence-electron chi connectivity index (χ3n) is 5.15. The molecule has 0 radical (unpaired) electrons. The fourth-order valence-corrected chi connectivity index (χ4v) is 3.36. The van der Waals surface area contributed by atoms with Crippen LogP contribution in [0.25, 0.3) is 5.52 Å². The van der Waals surface area contributed by atoms with Crippen molar-refractivity contribution >= 4 is 17.4 Å². The van der Waals surface area contributed by atoms with Gasteiger partial charge in [0.15, 0.2) is 0 Å². The van der Waals surface area contributed by atoms with Crippen LogP contribution < -0.4 is 15.7 Å². The second-order valence-electron chi connectivity index (χ2n) is 7.28. The summed E-state index contributed by atoms with van der Waals surface area (Å²) < 4.78 is 8.05. The normalized spacial score (nSPS) is 10.8. The predicted octanol–water partition coefficient (Wildman–Crippen LogP) is 2.79. The molecule has 0 fully saturated rings. The van der Waals surface area contributed by atoms with Crippen molar-refractivity contribution in [2.45, 2.75) is 13.1 Å². The maximum atomic E-state index is 12.9. The molecule has 2 aromatic carbocycles. The van der Waals surface area contributed by atoms with E-state index < -0.39 is 5.97 Å². The number of nitrogens with one attached hydrogen (secondary N) is 1. The summed E-state index contributed by atoms with van der Waals surface area (Å²) in [5, 5.41) is 11.9. The number of rotatable bonds is 7. The van der Waals surface area contributed by atoms with Gasteiger partial charge in [-0.15, -0.1) is 0 Å². The van der Waals surface area contributed by atoms with Crippen molar-refractivity contribution < 1.29 is 19.4 Å². The van der Waals surface area contributed by atoms with Crippen molar-refractivity contribution in [2.24, 2.45) is 0 Å². The molecule has 2 aromatic heterocycles. The SMILES string of the molecule is COc1ccc(CNC(=O)c2cc3ccn(Cc4ccc(C(=O)O)cc4)c(=O)n3c2)cc1. The number of fused-ring (bicyclic) bond motifs is 1. The largest absolute Gasteiger partial charge is 0.497 e. The highest BCUT2D eigenvalue weighted by atomic mass is 16.5. The van der Waals surface area contributed by atoms with Crippen LogP contribution in [0, 0.1) is 0 Å². The third-order valence-corrected chi connectivity index (χ3v) is 5.15. The zero-order valence-electron chi connectivity index (χ0n) is 17.3. The minimum atomic E-state index is -1.000. The quantitative estimate of drug-likeness (QED) is 0.469. The first-order valence-corrected chi connectivity index (χ1v) is 9.89. The van der Waals surface area contributed by atoms with Crippen LogP contribution in [0.2, 0.25) is 0 Å². The molecule has 0 atom stereocenters. The number of hydrogen-bond donors (Lipinski definition) is 2. The molecule has 8 heteroatoms. The van der Waals surface area contributed by atoms with E-state index in [1.165, 1.54) is 27.3 Å². The van der Waals surface area contributed by atoms with Crippen molar-refractivity contribution in [1.82, 2.24) is 14.3 Å². The van der Waals surface area contributed by atoms with Gasteiger partial charge in [0, 0.05) is 18.9 Å². The second-order valence-corrected chi connectivity index (χ2v) is 7.28. The molecule has 0 saturated carbocycles. The van der Waals surface area contributed by atoms with Gasteiger partial charge in [-0.1, -0.05) is 24.3 Å². The van der Waals surface area contributed by atoms with Crippen molar-refractivity contribution in [3.8, 4) is 5.75 Å². The van der Waals surface area contributed by atoms with Crippen LogP contribution in [0.5, 0.6) is 5.75 Å². The first-order valence-electron chi connectivity index (χ1n) is 9.89. The van der Waals surface area contributed by atoms with Crippen LogP contribution in [0.4, 0.5) is 0 Å². The van der Waals surface area contributed by atoms with E-state index in [0.29, 0.717) is 17.6 Å². The smallest absolute Gasteiger partial charge is 0.335 e. The zero-order chi connectivity index (χ0) is 22.7. The number of aromatic nitrogens is 2. The second kappa shape index (κ2) is 8.81. The van der Waals surface area contributed by atoms with Crippen molar-refractivity contribution in [3.05, 3.63) is 106 Å². The number of amides is 1. The summed E-state index contributed by atoms with van der Waals surface area (Å²) in [7, 11) is 1.59. The van der Waals surface area contributed by atoms with Gasteiger partial charge in [0.05, 0.1) is 30.3 Å². The molecule has 0 aliphatic heterocycles. The Labute approximate surface area is 183 Å². The summed E-state index contributed by atoms with van der Waals surface area (Å²) in [5.74, 6) is -0.534. The molecule has 4 aromatic rings. The number of hydrogen-bond acceptors (Lipinski definition) is 4. The number of carbonyl (C=O) groups excluding carboxylic acids is 1. The molecule has 0 aliphatic carbocycles. The Kier molecular flexibility index (Phi) is 5.76. The van der Waals surface area contributed by atoms with E-state index in [0.717, 1.165) is 16.9 Å². The number of aromatic carboxylic acids is 1. The summed E-state index contributed by atoms with van der Waals surface area (Å²) in [6, 6.07) is 17.2. The highest BCUT2D eigenvalue weighted by Crippen LogP contribution is 2.12. The summed E-state index contributed by atoms with van der Waals surface area (Å²) in [6.45, 7) is 0.636. The third kappa shape index (κ3) is 4.39. The fourth-order valence-electron chi connectivity index (χ4n) is 3.36. The fraction of sp³-hybridized carbons (Fsp3) is 0.125.